The molecule has 0 radical (unpaired) electrons. The van der Waals surface area contributed by atoms with E-state index in [4.69, 9.17) is 15.2 Å². The van der Waals surface area contributed by atoms with Gasteiger partial charge in [-0.3, -0.25) is 0 Å². The molecule has 0 aliphatic rings. The van der Waals surface area contributed by atoms with Gasteiger partial charge in [0, 0.05) is 23.4 Å². The lowest BCUT2D eigenvalue weighted by molar-refractivity contribution is 0.373. The maximum Gasteiger partial charge on any atom is 0.179 e. The van der Waals surface area contributed by atoms with E-state index in [2.05, 4.69) is 0 Å². The zero-order chi connectivity index (χ0) is 14.1. The monoisotopic (exact) mass is 273 g/mol. The number of sulfone groups is 1. The van der Waals surface area contributed by atoms with Crippen LogP contribution >= 0.6 is 0 Å². The summed E-state index contributed by atoms with van der Waals surface area (Å²) in [6, 6.07) is 3.12. The molecule has 0 aromatic heterocycles. The van der Waals surface area contributed by atoms with E-state index >= 15 is 0 Å². The van der Waals surface area contributed by atoms with Gasteiger partial charge in [-0.25, -0.2) is 8.42 Å². The van der Waals surface area contributed by atoms with Gasteiger partial charge in [-0.1, -0.05) is 0 Å². The molecule has 0 aliphatic carbocycles. The first kappa shape index (κ1) is 14.8. The molecule has 0 fully saturated rings. The van der Waals surface area contributed by atoms with Gasteiger partial charge in [0.25, 0.3) is 0 Å². The Morgan fingerprint density at radius 2 is 1.72 bits per heavy atom. The fraction of sp³-hybridized carbons (Fsp3) is 0.500. The van der Waals surface area contributed by atoms with Crippen molar-refractivity contribution in [1.82, 2.24) is 0 Å². The van der Waals surface area contributed by atoms with Crippen LogP contribution in [-0.4, -0.2) is 28.9 Å². The molecule has 0 unspecified atom stereocenters. The molecule has 102 valence electrons. The van der Waals surface area contributed by atoms with Crippen molar-refractivity contribution in [2.75, 3.05) is 20.5 Å². The second kappa shape index (κ2) is 4.78. The molecule has 0 saturated heterocycles. The van der Waals surface area contributed by atoms with Crippen molar-refractivity contribution in [2.45, 2.75) is 24.3 Å². The van der Waals surface area contributed by atoms with E-state index in [1.165, 1.54) is 20.3 Å². The molecular weight excluding hydrogens is 254 g/mol. The topological polar surface area (TPSA) is 78.6 Å². The number of rotatable bonds is 4. The molecule has 0 saturated carbocycles. The number of nitrogens with two attached hydrogens (primary N) is 1. The lowest BCUT2D eigenvalue weighted by atomic mass is 9.94. The number of hydrogen-bond donors (Lipinski definition) is 1. The van der Waals surface area contributed by atoms with E-state index < -0.39 is 15.4 Å². The molecule has 0 bridgehead atoms. The van der Waals surface area contributed by atoms with E-state index in [0.29, 0.717) is 11.3 Å². The fourth-order valence-corrected chi connectivity index (χ4v) is 2.52. The van der Waals surface area contributed by atoms with Crippen LogP contribution in [0, 0.1) is 0 Å². The van der Waals surface area contributed by atoms with Gasteiger partial charge in [-0.05, 0) is 19.9 Å². The zero-order valence-corrected chi connectivity index (χ0v) is 12.1. The Bertz CT molecular complexity index is 544. The van der Waals surface area contributed by atoms with Gasteiger partial charge in [-0.2, -0.15) is 0 Å². The van der Waals surface area contributed by atoms with E-state index in [0.717, 1.165) is 6.26 Å². The Morgan fingerprint density at radius 1 is 1.17 bits per heavy atom. The number of methoxy groups -OCH3 is 2. The summed E-state index contributed by atoms with van der Waals surface area (Å²) in [5, 5.41) is 0. The molecule has 1 aromatic rings. The highest BCUT2D eigenvalue weighted by Gasteiger charge is 2.26. The van der Waals surface area contributed by atoms with Crippen molar-refractivity contribution in [2.24, 2.45) is 5.73 Å². The Balaban J connectivity index is 3.72. The minimum Gasteiger partial charge on any atom is -0.497 e. The molecule has 1 aromatic carbocycles. The van der Waals surface area contributed by atoms with Crippen LogP contribution in [0.5, 0.6) is 11.5 Å². The van der Waals surface area contributed by atoms with Crippen LogP contribution < -0.4 is 15.2 Å². The maximum absolute atomic E-state index is 11.8. The van der Waals surface area contributed by atoms with E-state index in [-0.39, 0.29) is 10.6 Å². The predicted octanol–water partition coefficient (Wildman–Crippen LogP) is 1.30. The summed E-state index contributed by atoms with van der Waals surface area (Å²) in [5.74, 6) is 0.704. The van der Waals surface area contributed by atoms with Gasteiger partial charge in [0.05, 0.1) is 14.2 Å². The van der Waals surface area contributed by atoms with Gasteiger partial charge in [0.2, 0.25) is 0 Å². The molecule has 5 nitrogen and oxygen atoms in total. The van der Waals surface area contributed by atoms with Crippen LogP contribution in [0.15, 0.2) is 17.0 Å². The lowest BCUT2D eigenvalue weighted by Crippen LogP contribution is -2.29. The number of hydrogen-bond acceptors (Lipinski definition) is 5. The first-order valence-electron chi connectivity index (χ1n) is 5.36. The largest absolute Gasteiger partial charge is 0.497 e. The highest BCUT2D eigenvalue weighted by Crippen LogP contribution is 2.37. The Kier molecular flexibility index (Phi) is 3.92. The van der Waals surface area contributed by atoms with Crippen LogP contribution in [0.3, 0.4) is 0 Å². The second-order valence-corrected chi connectivity index (χ2v) is 6.68. The number of benzene rings is 1. The first-order valence-corrected chi connectivity index (χ1v) is 7.26. The number of ether oxygens (including phenoxy) is 2. The van der Waals surface area contributed by atoms with Gasteiger partial charge in [0.1, 0.15) is 16.4 Å². The minimum absolute atomic E-state index is 0.0814. The van der Waals surface area contributed by atoms with Crippen LogP contribution in [0.2, 0.25) is 0 Å². The summed E-state index contributed by atoms with van der Waals surface area (Å²) in [4.78, 5) is 0.0814. The fourth-order valence-electron chi connectivity index (χ4n) is 1.66. The summed E-state index contributed by atoms with van der Waals surface area (Å²) in [5.41, 5.74) is 5.89. The quantitative estimate of drug-likeness (QED) is 0.894. The summed E-state index contributed by atoms with van der Waals surface area (Å²) in [6.45, 7) is 3.55. The van der Waals surface area contributed by atoms with E-state index in [1.807, 2.05) is 0 Å². The van der Waals surface area contributed by atoms with Crippen LogP contribution in [0.4, 0.5) is 0 Å². The van der Waals surface area contributed by atoms with Crippen LogP contribution in [-0.2, 0) is 15.4 Å². The molecule has 0 heterocycles. The zero-order valence-electron chi connectivity index (χ0n) is 11.3. The normalized spacial score (nSPS) is 12.3. The third-order valence-electron chi connectivity index (χ3n) is 2.56. The summed E-state index contributed by atoms with van der Waals surface area (Å²) >= 11 is 0. The van der Waals surface area contributed by atoms with Crippen molar-refractivity contribution >= 4 is 9.84 Å². The van der Waals surface area contributed by atoms with Crippen molar-refractivity contribution in [1.29, 1.82) is 0 Å². The highest BCUT2D eigenvalue weighted by atomic mass is 32.2. The molecule has 6 heteroatoms. The Labute approximate surface area is 108 Å². The Morgan fingerprint density at radius 3 is 2.06 bits per heavy atom. The molecular formula is C12H19NO4S. The van der Waals surface area contributed by atoms with E-state index in [1.54, 1.807) is 19.9 Å². The predicted molar refractivity (Wildman–Crippen MR) is 69.9 cm³/mol. The van der Waals surface area contributed by atoms with Crippen LogP contribution in [0.1, 0.15) is 19.4 Å². The lowest BCUT2D eigenvalue weighted by Gasteiger charge is -2.24. The average Bonchev–Trinajstić information content (AvgIpc) is 2.24. The summed E-state index contributed by atoms with van der Waals surface area (Å²) in [6.07, 6.45) is 1.12. The first-order chi connectivity index (χ1) is 8.11. The second-order valence-electron chi connectivity index (χ2n) is 4.70. The minimum atomic E-state index is -3.42. The average molecular weight is 273 g/mol. The van der Waals surface area contributed by atoms with Crippen molar-refractivity contribution in [3.8, 4) is 11.5 Å². The molecule has 1 rings (SSSR count). The summed E-state index contributed by atoms with van der Waals surface area (Å²) < 4.78 is 33.9. The van der Waals surface area contributed by atoms with Crippen molar-refractivity contribution in [3.05, 3.63) is 17.7 Å². The summed E-state index contributed by atoms with van der Waals surface area (Å²) in [7, 11) is -0.526. The standard InChI is InChI=1S/C12H19NO4S/c1-12(2,13)9-6-8(16-3)7-10(11(9)17-4)18(5,14)15/h6-7H,13H2,1-5H3. The van der Waals surface area contributed by atoms with Gasteiger partial charge < -0.3 is 15.2 Å². The van der Waals surface area contributed by atoms with Crippen LogP contribution in [0.25, 0.3) is 0 Å². The molecule has 2 N–H and O–H groups in total. The van der Waals surface area contributed by atoms with E-state index in [9.17, 15) is 8.42 Å². The highest BCUT2D eigenvalue weighted by molar-refractivity contribution is 7.90. The Hall–Kier alpha value is -1.27. The maximum atomic E-state index is 11.8. The molecule has 0 atom stereocenters. The third-order valence-corrected chi connectivity index (χ3v) is 3.66. The van der Waals surface area contributed by atoms with Crippen molar-refractivity contribution < 1.29 is 17.9 Å². The molecule has 0 amide bonds. The van der Waals surface area contributed by atoms with Crippen molar-refractivity contribution in [3.63, 3.8) is 0 Å². The SMILES string of the molecule is COc1cc(C(C)(C)N)c(OC)c(S(C)(=O)=O)c1. The van der Waals surface area contributed by atoms with Gasteiger partial charge >= 0.3 is 0 Å². The third kappa shape index (κ3) is 2.94. The van der Waals surface area contributed by atoms with Gasteiger partial charge in [-0.15, -0.1) is 0 Å². The molecule has 18 heavy (non-hydrogen) atoms. The molecule has 0 aliphatic heterocycles. The van der Waals surface area contributed by atoms with Gasteiger partial charge in [0.15, 0.2) is 9.84 Å². The smallest absolute Gasteiger partial charge is 0.179 e. The molecule has 0 spiro atoms.